The van der Waals surface area contributed by atoms with Gasteiger partial charge in [-0.15, -0.1) is 0 Å². The normalized spacial score (nSPS) is 14.1. The van der Waals surface area contributed by atoms with Gasteiger partial charge >= 0.3 is 19.8 Å². The highest BCUT2D eigenvalue weighted by atomic mass is 31.2. The Morgan fingerprint density at radius 2 is 1.06 bits per heavy atom. The van der Waals surface area contributed by atoms with Crippen molar-refractivity contribution in [2.24, 2.45) is 5.73 Å². The number of carbonyl (C=O) groups excluding carboxylic acids is 2. The molecule has 0 aliphatic carbocycles. The van der Waals surface area contributed by atoms with Crippen LogP contribution in [0.15, 0.2) is 72.9 Å². The molecule has 0 heterocycles. The molecule has 9 nitrogen and oxygen atoms in total. The van der Waals surface area contributed by atoms with Crippen molar-refractivity contribution in [3.63, 3.8) is 0 Å². The average Bonchev–Trinajstić information content (AvgIpc) is 3.14. The first-order valence-electron chi connectivity index (χ1n) is 20.4. The molecule has 0 saturated carbocycles. The average molecular weight is 764 g/mol. The fourth-order valence-electron chi connectivity index (χ4n) is 5.07. The molecule has 0 bridgehead atoms. The summed E-state index contributed by atoms with van der Waals surface area (Å²) in [6.07, 6.45) is 46.5. The molecule has 2 unspecified atom stereocenters. The van der Waals surface area contributed by atoms with Gasteiger partial charge in [-0.2, -0.15) is 0 Å². The summed E-state index contributed by atoms with van der Waals surface area (Å²) in [5.74, 6) is -0.913. The molecular formula is C43H74NO8P. The van der Waals surface area contributed by atoms with E-state index in [1.807, 2.05) is 6.08 Å². The zero-order chi connectivity index (χ0) is 38.9. The Morgan fingerprint density at radius 3 is 1.62 bits per heavy atom. The van der Waals surface area contributed by atoms with Crippen LogP contribution in [0.3, 0.4) is 0 Å². The summed E-state index contributed by atoms with van der Waals surface area (Å²) in [4.78, 5) is 34.8. The van der Waals surface area contributed by atoms with Gasteiger partial charge in [0.1, 0.15) is 6.61 Å². The van der Waals surface area contributed by atoms with E-state index in [0.29, 0.717) is 19.3 Å². The van der Waals surface area contributed by atoms with Gasteiger partial charge in [-0.1, -0.05) is 138 Å². The number of carbonyl (C=O) groups is 2. The summed E-state index contributed by atoms with van der Waals surface area (Å²) in [7, 11) is -4.39. The SMILES string of the molecule is CCC=CCC=CCC=CCC=CCC=CCCCC(=O)OC(COC(=O)CCCCCCCC=CCCCCCCCC)COP(=O)(O)OCCN. The Bertz CT molecular complexity index is 1100. The van der Waals surface area contributed by atoms with Crippen molar-refractivity contribution in [3.05, 3.63) is 72.9 Å². The fourth-order valence-corrected chi connectivity index (χ4v) is 5.84. The van der Waals surface area contributed by atoms with E-state index in [9.17, 15) is 19.0 Å². The smallest absolute Gasteiger partial charge is 0.462 e. The number of esters is 2. The van der Waals surface area contributed by atoms with E-state index in [1.54, 1.807) is 0 Å². The van der Waals surface area contributed by atoms with Crippen LogP contribution < -0.4 is 5.73 Å². The van der Waals surface area contributed by atoms with E-state index in [1.165, 1.54) is 44.9 Å². The number of unbranched alkanes of at least 4 members (excludes halogenated alkanes) is 12. The fraction of sp³-hybridized carbons (Fsp3) is 0.674. The Hall–Kier alpha value is -2.55. The molecule has 53 heavy (non-hydrogen) atoms. The number of nitrogens with two attached hydrogens (primary N) is 1. The minimum absolute atomic E-state index is 0.0399. The van der Waals surface area contributed by atoms with Crippen LogP contribution in [0.1, 0.15) is 155 Å². The molecule has 10 heteroatoms. The number of rotatable bonds is 37. The lowest BCUT2D eigenvalue weighted by Gasteiger charge is -2.19. The maximum atomic E-state index is 12.5. The number of ether oxygens (including phenoxy) is 2. The standard InChI is InChI=1S/C43H74NO8P/c1-3-5-7-9-11-13-15-17-19-20-22-24-26-28-30-32-34-36-43(46)52-41(40-51-53(47,48)50-38-37-44)39-49-42(45)35-33-31-29-27-25-23-21-18-16-14-12-10-8-6-4-2/h5,7,11,13,17-19,21-22,24,28,30,41H,3-4,6,8-10,12,14-16,20,23,25-27,29,31-40,44H2,1-2H3,(H,47,48). The summed E-state index contributed by atoms with van der Waals surface area (Å²) in [5, 5.41) is 0. The highest BCUT2D eigenvalue weighted by Crippen LogP contribution is 2.43. The highest BCUT2D eigenvalue weighted by molar-refractivity contribution is 7.47. The number of allylic oxidation sites excluding steroid dienone is 12. The number of hydrogen-bond donors (Lipinski definition) is 2. The minimum atomic E-state index is -4.39. The van der Waals surface area contributed by atoms with Crippen LogP contribution in [0.4, 0.5) is 0 Å². The van der Waals surface area contributed by atoms with Crippen LogP contribution in [-0.2, 0) is 32.7 Å². The lowest BCUT2D eigenvalue weighted by molar-refractivity contribution is -0.161. The van der Waals surface area contributed by atoms with E-state index in [0.717, 1.165) is 64.2 Å². The van der Waals surface area contributed by atoms with Crippen molar-refractivity contribution in [3.8, 4) is 0 Å². The van der Waals surface area contributed by atoms with Gasteiger partial charge < -0.3 is 20.1 Å². The van der Waals surface area contributed by atoms with E-state index < -0.39 is 32.5 Å². The molecule has 0 amide bonds. The molecule has 304 valence electrons. The maximum Gasteiger partial charge on any atom is 0.472 e. The Labute approximate surface area is 322 Å². The van der Waals surface area contributed by atoms with Crippen LogP contribution in [0.2, 0.25) is 0 Å². The van der Waals surface area contributed by atoms with Crippen molar-refractivity contribution in [2.45, 2.75) is 161 Å². The molecule has 0 aromatic heterocycles. The van der Waals surface area contributed by atoms with Crippen LogP contribution >= 0.6 is 7.82 Å². The zero-order valence-electron chi connectivity index (χ0n) is 33.2. The molecule has 0 fully saturated rings. The Morgan fingerprint density at radius 1 is 0.585 bits per heavy atom. The second-order valence-corrected chi connectivity index (χ2v) is 14.6. The summed E-state index contributed by atoms with van der Waals surface area (Å²) in [5.41, 5.74) is 5.33. The molecule has 0 aromatic rings. The second-order valence-electron chi connectivity index (χ2n) is 13.1. The first-order chi connectivity index (χ1) is 25.8. The van der Waals surface area contributed by atoms with Gasteiger partial charge in [0.05, 0.1) is 13.2 Å². The second kappa shape index (κ2) is 39.2. The van der Waals surface area contributed by atoms with Crippen molar-refractivity contribution in [1.29, 1.82) is 0 Å². The lowest BCUT2D eigenvalue weighted by Crippen LogP contribution is -2.29. The number of phosphoric ester groups is 1. The summed E-state index contributed by atoms with van der Waals surface area (Å²) in [6, 6.07) is 0. The number of phosphoric acid groups is 1. The molecule has 0 spiro atoms. The van der Waals surface area contributed by atoms with Gasteiger partial charge in [0.25, 0.3) is 0 Å². The van der Waals surface area contributed by atoms with Crippen LogP contribution in [0, 0.1) is 0 Å². The largest absolute Gasteiger partial charge is 0.472 e. The third-order valence-electron chi connectivity index (χ3n) is 8.08. The van der Waals surface area contributed by atoms with Crippen molar-refractivity contribution < 1.29 is 37.6 Å². The molecule has 0 saturated heterocycles. The van der Waals surface area contributed by atoms with Gasteiger partial charge in [0.2, 0.25) is 0 Å². The van der Waals surface area contributed by atoms with Gasteiger partial charge in [-0.25, -0.2) is 4.57 Å². The Balaban J connectivity index is 4.32. The highest BCUT2D eigenvalue weighted by Gasteiger charge is 2.25. The minimum Gasteiger partial charge on any atom is -0.462 e. The van der Waals surface area contributed by atoms with Gasteiger partial charge in [0, 0.05) is 19.4 Å². The molecule has 0 aromatic carbocycles. The monoisotopic (exact) mass is 764 g/mol. The van der Waals surface area contributed by atoms with Crippen LogP contribution in [-0.4, -0.2) is 49.3 Å². The predicted octanol–water partition coefficient (Wildman–Crippen LogP) is 11.5. The third kappa shape index (κ3) is 39.0. The molecule has 2 atom stereocenters. The predicted molar refractivity (Wildman–Crippen MR) is 219 cm³/mol. The van der Waals surface area contributed by atoms with Crippen molar-refractivity contribution >= 4 is 19.8 Å². The van der Waals surface area contributed by atoms with E-state index >= 15 is 0 Å². The molecule has 0 radical (unpaired) electrons. The quantitative estimate of drug-likeness (QED) is 0.0274. The van der Waals surface area contributed by atoms with E-state index in [2.05, 4.69) is 80.7 Å². The first kappa shape index (κ1) is 50.5. The molecule has 0 rings (SSSR count). The van der Waals surface area contributed by atoms with Crippen LogP contribution in [0.25, 0.3) is 0 Å². The van der Waals surface area contributed by atoms with Gasteiger partial charge in [-0.05, 0) is 77.0 Å². The number of hydrogen-bond acceptors (Lipinski definition) is 8. The third-order valence-corrected chi connectivity index (χ3v) is 9.06. The summed E-state index contributed by atoms with van der Waals surface area (Å²) < 4.78 is 32.6. The van der Waals surface area contributed by atoms with E-state index in [-0.39, 0.29) is 32.6 Å². The topological polar surface area (TPSA) is 134 Å². The zero-order valence-corrected chi connectivity index (χ0v) is 34.1. The molecule has 3 N–H and O–H groups in total. The van der Waals surface area contributed by atoms with Crippen molar-refractivity contribution in [1.82, 2.24) is 0 Å². The summed E-state index contributed by atoms with van der Waals surface area (Å²) in [6.45, 7) is 3.51. The van der Waals surface area contributed by atoms with Gasteiger partial charge in [0.15, 0.2) is 6.10 Å². The maximum absolute atomic E-state index is 12.5. The van der Waals surface area contributed by atoms with Crippen molar-refractivity contribution in [2.75, 3.05) is 26.4 Å². The summed E-state index contributed by atoms with van der Waals surface area (Å²) >= 11 is 0. The first-order valence-corrected chi connectivity index (χ1v) is 21.9. The Kier molecular flexibility index (Phi) is 37.3. The lowest BCUT2D eigenvalue weighted by atomic mass is 10.1. The van der Waals surface area contributed by atoms with Crippen LogP contribution in [0.5, 0.6) is 0 Å². The van der Waals surface area contributed by atoms with E-state index in [4.69, 9.17) is 24.3 Å². The molecular weight excluding hydrogens is 689 g/mol. The van der Waals surface area contributed by atoms with Gasteiger partial charge in [-0.3, -0.25) is 18.6 Å². The molecule has 0 aliphatic heterocycles. The molecule has 0 aliphatic rings.